The van der Waals surface area contributed by atoms with Crippen LogP contribution in [0.4, 0.5) is 0 Å². The van der Waals surface area contributed by atoms with Crippen LogP contribution in [0.3, 0.4) is 0 Å². The van der Waals surface area contributed by atoms with Gasteiger partial charge in [0, 0.05) is 30.7 Å². The minimum absolute atomic E-state index is 0.397. The van der Waals surface area contributed by atoms with Gasteiger partial charge in [-0.3, -0.25) is 4.90 Å². The molecular weight excluding hydrogens is 196 g/mol. The first kappa shape index (κ1) is 12.4. The number of hydrogen-bond donors (Lipinski definition) is 1. The van der Waals surface area contributed by atoms with Gasteiger partial charge in [0.25, 0.3) is 0 Å². The third kappa shape index (κ3) is 2.14. The minimum atomic E-state index is 0.397. The molecular formula is C14H28N2. The van der Waals surface area contributed by atoms with Crippen molar-refractivity contribution >= 4 is 0 Å². The standard InChI is InChI=1S/C14H28N2/c1-5-12-9-15-14(6-2,7-3)10-16(12)13-8-11(13)4/h11-13,15H,5-10H2,1-4H3. The van der Waals surface area contributed by atoms with Crippen LogP contribution in [0.15, 0.2) is 0 Å². The van der Waals surface area contributed by atoms with Crippen molar-refractivity contribution in [3.05, 3.63) is 0 Å². The molecule has 1 saturated carbocycles. The van der Waals surface area contributed by atoms with Crippen LogP contribution in [0.25, 0.3) is 0 Å². The van der Waals surface area contributed by atoms with E-state index >= 15 is 0 Å². The molecule has 0 radical (unpaired) electrons. The predicted molar refractivity (Wildman–Crippen MR) is 69.7 cm³/mol. The summed E-state index contributed by atoms with van der Waals surface area (Å²) in [6.45, 7) is 11.9. The lowest BCUT2D eigenvalue weighted by Gasteiger charge is -2.48. The maximum absolute atomic E-state index is 3.82. The van der Waals surface area contributed by atoms with E-state index in [2.05, 4.69) is 37.9 Å². The highest BCUT2D eigenvalue weighted by atomic mass is 15.3. The fourth-order valence-electron chi connectivity index (χ4n) is 3.24. The van der Waals surface area contributed by atoms with Gasteiger partial charge >= 0.3 is 0 Å². The van der Waals surface area contributed by atoms with Gasteiger partial charge < -0.3 is 5.32 Å². The van der Waals surface area contributed by atoms with Crippen LogP contribution < -0.4 is 5.32 Å². The first-order valence-corrected chi connectivity index (χ1v) is 7.16. The van der Waals surface area contributed by atoms with Crippen LogP contribution in [0.1, 0.15) is 53.4 Å². The summed E-state index contributed by atoms with van der Waals surface area (Å²) in [7, 11) is 0. The molecule has 0 aromatic rings. The van der Waals surface area contributed by atoms with E-state index in [4.69, 9.17) is 0 Å². The molecule has 1 N–H and O–H groups in total. The van der Waals surface area contributed by atoms with Crippen LogP contribution in [0.5, 0.6) is 0 Å². The van der Waals surface area contributed by atoms with E-state index in [1.54, 1.807) is 0 Å². The van der Waals surface area contributed by atoms with Gasteiger partial charge in [-0.05, 0) is 31.6 Å². The minimum Gasteiger partial charge on any atom is -0.308 e. The highest BCUT2D eigenvalue weighted by Crippen LogP contribution is 2.39. The van der Waals surface area contributed by atoms with Crippen molar-refractivity contribution in [2.24, 2.45) is 5.92 Å². The van der Waals surface area contributed by atoms with Gasteiger partial charge in [0.2, 0.25) is 0 Å². The Hall–Kier alpha value is -0.0800. The largest absolute Gasteiger partial charge is 0.308 e. The first-order valence-electron chi connectivity index (χ1n) is 7.16. The van der Waals surface area contributed by atoms with E-state index in [9.17, 15) is 0 Å². The van der Waals surface area contributed by atoms with Crippen molar-refractivity contribution in [2.75, 3.05) is 13.1 Å². The Morgan fingerprint density at radius 3 is 2.31 bits per heavy atom. The van der Waals surface area contributed by atoms with Gasteiger partial charge in [0.15, 0.2) is 0 Å². The highest BCUT2D eigenvalue weighted by molar-refractivity contribution is 5.03. The Bertz CT molecular complexity index is 235. The number of rotatable bonds is 4. The normalized spacial score (nSPS) is 38.6. The Morgan fingerprint density at radius 2 is 1.88 bits per heavy atom. The average Bonchev–Trinajstić information content (AvgIpc) is 3.05. The summed E-state index contributed by atoms with van der Waals surface area (Å²) < 4.78 is 0. The Kier molecular flexibility index (Phi) is 3.60. The second-order valence-electron chi connectivity index (χ2n) is 5.88. The fourth-order valence-corrected chi connectivity index (χ4v) is 3.24. The molecule has 3 unspecified atom stereocenters. The molecule has 2 aliphatic rings. The topological polar surface area (TPSA) is 15.3 Å². The van der Waals surface area contributed by atoms with E-state index in [0.29, 0.717) is 5.54 Å². The smallest absolute Gasteiger partial charge is 0.0304 e. The summed E-state index contributed by atoms with van der Waals surface area (Å²) in [4.78, 5) is 2.81. The molecule has 0 amide bonds. The monoisotopic (exact) mass is 224 g/mol. The molecule has 1 aliphatic carbocycles. The van der Waals surface area contributed by atoms with Gasteiger partial charge in [-0.25, -0.2) is 0 Å². The average molecular weight is 224 g/mol. The molecule has 2 fully saturated rings. The predicted octanol–water partition coefficient (Wildman–Crippen LogP) is 2.64. The van der Waals surface area contributed by atoms with E-state index in [0.717, 1.165) is 18.0 Å². The lowest BCUT2D eigenvalue weighted by molar-refractivity contribution is 0.0603. The lowest BCUT2D eigenvalue weighted by atomic mass is 9.88. The van der Waals surface area contributed by atoms with Gasteiger partial charge in [0.1, 0.15) is 0 Å². The molecule has 94 valence electrons. The van der Waals surface area contributed by atoms with Gasteiger partial charge in [-0.1, -0.05) is 27.7 Å². The summed E-state index contributed by atoms with van der Waals surface area (Å²) in [5.74, 6) is 0.943. The zero-order valence-electron chi connectivity index (χ0n) is 11.4. The third-order valence-electron chi connectivity index (χ3n) is 4.98. The SMILES string of the molecule is CCC1CNC(CC)(CC)CN1C1CC1C. The van der Waals surface area contributed by atoms with Crippen molar-refractivity contribution < 1.29 is 0 Å². The van der Waals surface area contributed by atoms with E-state index in [1.165, 1.54) is 38.8 Å². The van der Waals surface area contributed by atoms with Crippen LogP contribution in [-0.2, 0) is 0 Å². The first-order chi connectivity index (χ1) is 7.65. The molecule has 2 nitrogen and oxygen atoms in total. The summed E-state index contributed by atoms with van der Waals surface area (Å²) in [5, 5.41) is 3.82. The molecule has 3 atom stereocenters. The second kappa shape index (κ2) is 4.66. The summed E-state index contributed by atoms with van der Waals surface area (Å²) in [6.07, 6.45) is 5.24. The zero-order chi connectivity index (χ0) is 11.8. The molecule has 0 bridgehead atoms. The number of nitrogens with zero attached hydrogens (tertiary/aromatic N) is 1. The van der Waals surface area contributed by atoms with E-state index in [1.807, 2.05) is 0 Å². The number of hydrogen-bond acceptors (Lipinski definition) is 2. The summed E-state index contributed by atoms with van der Waals surface area (Å²) in [6, 6.07) is 1.67. The van der Waals surface area contributed by atoms with Gasteiger partial charge in [0.05, 0.1) is 0 Å². The quantitative estimate of drug-likeness (QED) is 0.790. The van der Waals surface area contributed by atoms with Crippen molar-refractivity contribution in [1.82, 2.24) is 10.2 Å². The molecule has 2 heteroatoms. The fraction of sp³-hybridized carbons (Fsp3) is 1.00. The maximum Gasteiger partial charge on any atom is 0.0304 e. The molecule has 1 heterocycles. The number of nitrogens with one attached hydrogen (secondary N) is 1. The summed E-state index contributed by atoms with van der Waals surface area (Å²) >= 11 is 0. The Balaban J connectivity index is 2.05. The summed E-state index contributed by atoms with van der Waals surface area (Å²) in [5.41, 5.74) is 0.397. The maximum atomic E-state index is 3.82. The lowest BCUT2D eigenvalue weighted by Crippen LogP contribution is -2.64. The highest BCUT2D eigenvalue weighted by Gasteiger charge is 2.46. The number of piperazine rings is 1. The van der Waals surface area contributed by atoms with Crippen molar-refractivity contribution in [1.29, 1.82) is 0 Å². The Morgan fingerprint density at radius 1 is 1.25 bits per heavy atom. The van der Waals surface area contributed by atoms with E-state index in [-0.39, 0.29) is 0 Å². The molecule has 0 aromatic heterocycles. The molecule has 2 rings (SSSR count). The zero-order valence-corrected chi connectivity index (χ0v) is 11.4. The molecule has 1 saturated heterocycles. The van der Waals surface area contributed by atoms with Crippen molar-refractivity contribution in [3.8, 4) is 0 Å². The molecule has 0 aromatic carbocycles. The van der Waals surface area contributed by atoms with Crippen LogP contribution >= 0.6 is 0 Å². The van der Waals surface area contributed by atoms with Crippen LogP contribution in [0, 0.1) is 5.92 Å². The molecule has 0 spiro atoms. The van der Waals surface area contributed by atoms with Gasteiger partial charge in [-0.2, -0.15) is 0 Å². The third-order valence-corrected chi connectivity index (χ3v) is 4.98. The second-order valence-corrected chi connectivity index (χ2v) is 5.88. The van der Waals surface area contributed by atoms with Gasteiger partial charge in [-0.15, -0.1) is 0 Å². The Labute approximate surface area is 101 Å². The molecule has 16 heavy (non-hydrogen) atoms. The van der Waals surface area contributed by atoms with Crippen LogP contribution in [-0.4, -0.2) is 35.6 Å². The van der Waals surface area contributed by atoms with E-state index < -0.39 is 0 Å². The van der Waals surface area contributed by atoms with Crippen molar-refractivity contribution in [3.63, 3.8) is 0 Å². The van der Waals surface area contributed by atoms with Crippen LogP contribution in [0.2, 0.25) is 0 Å². The molecule has 1 aliphatic heterocycles. The van der Waals surface area contributed by atoms with Crippen molar-refractivity contribution in [2.45, 2.75) is 71.0 Å².